The molecule has 0 aliphatic rings. The molecule has 0 radical (unpaired) electrons. The van der Waals surface area contributed by atoms with Gasteiger partial charge in [-0.3, -0.25) is 4.79 Å². The molecule has 0 atom stereocenters. The lowest BCUT2D eigenvalue weighted by atomic mass is 10.1. The van der Waals surface area contributed by atoms with Gasteiger partial charge in [0.1, 0.15) is 29.4 Å². The minimum atomic E-state index is -0.279. The number of aromatic nitrogens is 2. The van der Waals surface area contributed by atoms with Crippen LogP contribution in [0.1, 0.15) is 21.6 Å². The Hall–Kier alpha value is -3.48. The molecule has 0 spiro atoms. The molecule has 0 aliphatic carbocycles. The third-order valence-electron chi connectivity index (χ3n) is 4.12. The fourth-order valence-corrected chi connectivity index (χ4v) is 2.61. The predicted octanol–water partition coefficient (Wildman–Crippen LogP) is 3.21. The van der Waals surface area contributed by atoms with Gasteiger partial charge in [-0.05, 0) is 41.8 Å². The first-order valence-corrected chi connectivity index (χ1v) is 8.85. The first-order chi connectivity index (χ1) is 13.6. The molecule has 0 saturated carbocycles. The Bertz CT molecular complexity index is 932. The monoisotopic (exact) mass is 380 g/mol. The number of carbonyl (C=O) groups is 1. The molecular formula is C21H21FN4O2. The maximum Gasteiger partial charge on any atom is 0.270 e. The first kappa shape index (κ1) is 19.3. The zero-order valence-corrected chi connectivity index (χ0v) is 15.5. The lowest BCUT2D eigenvalue weighted by Crippen LogP contribution is -2.26. The number of rotatable bonds is 8. The lowest BCUT2D eigenvalue weighted by molar-refractivity contribution is 0.0949. The Balaban J connectivity index is 1.52. The van der Waals surface area contributed by atoms with Crippen molar-refractivity contribution in [2.24, 2.45) is 0 Å². The number of nitrogens with zero attached hydrogens (tertiary/aromatic N) is 2. The van der Waals surface area contributed by atoms with Gasteiger partial charge in [0.05, 0.1) is 7.11 Å². The number of anilines is 1. The smallest absolute Gasteiger partial charge is 0.270 e. The summed E-state index contributed by atoms with van der Waals surface area (Å²) in [5.41, 5.74) is 2.26. The van der Waals surface area contributed by atoms with Gasteiger partial charge in [-0.15, -0.1) is 0 Å². The number of benzene rings is 2. The summed E-state index contributed by atoms with van der Waals surface area (Å²) in [6.07, 6.45) is 2.02. The van der Waals surface area contributed by atoms with E-state index in [0.29, 0.717) is 25.3 Å². The fraction of sp³-hybridized carbons (Fsp3) is 0.190. The van der Waals surface area contributed by atoms with E-state index in [-0.39, 0.29) is 17.4 Å². The van der Waals surface area contributed by atoms with E-state index in [0.717, 1.165) is 16.9 Å². The molecule has 144 valence electrons. The average molecular weight is 380 g/mol. The van der Waals surface area contributed by atoms with Crippen molar-refractivity contribution >= 4 is 11.7 Å². The number of carbonyl (C=O) groups excluding carboxylic acids is 1. The van der Waals surface area contributed by atoms with Gasteiger partial charge in [0, 0.05) is 19.2 Å². The maximum absolute atomic E-state index is 12.9. The molecule has 0 aliphatic heterocycles. The number of halogens is 1. The van der Waals surface area contributed by atoms with Crippen LogP contribution in [-0.2, 0) is 13.0 Å². The maximum atomic E-state index is 12.9. The molecule has 0 unspecified atom stereocenters. The van der Waals surface area contributed by atoms with E-state index in [1.807, 2.05) is 24.3 Å². The summed E-state index contributed by atoms with van der Waals surface area (Å²) in [6, 6.07) is 15.5. The van der Waals surface area contributed by atoms with Gasteiger partial charge in [-0.25, -0.2) is 14.4 Å². The van der Waals surface area contributed by atoms with Gasteiger partial charge < -0.3 is 15.4 Å². The SMILES string of the molecule is COc1cccc(CCNC(=O)c2cc(NCc3ccc(F)cc3)ncn2)c1. The highest BCUT2D eigenvalue weighted by molar-refractivity contribution is 5.92. The van der Waals surface area contributed by atoms with Crippen LogP contribution in [0, 0.1) is 5.82 Å². The van der Waals surface area contributed by atoms with Gasteiger partial charge in [0.25, 0.3) is 5.91 Å². The van der Waals surface area contributed by atoms with E-state index in [1.165, 1.54) is 18.5 Å². The van der Waals surface area contributed by atoms with Crippen molar-refractivity contribution in [3.05, 3.63) is 83.6 Å². The zero-order chi connectivity index (χ0) is 19.8. The highest BCUT2D eigenvalue weighted by Crippen LogP contribution is 2.13. The molecule has 0 fully saturated rings. The third kappa shape index (κ3) is 5.51. The Morgan fingerprint density at radius 2 is 1.89 bits per heavy atom. The molecule has 1 amide bonds. The quantitative estimate of drug-likeness (QED) is 0.628. The Morgan fingerprint density at radius 1 is 1.07 bits per heavy atom. The van der Waals surface area contributed by atoms with Gasteiger partial charge >= 0.3 is 0 Å². The van der Waals surface area contributed by atoms with Crippen molar-refractivity contribution in [1.82, 2.24) is 15.3 Å². The van der Waals surface area contributed by atoms with Crippen molar-refractivity contribution < 1.29 is 13.9 Å². The molecule has 2 N–H and O–H groups in total. The normalized spacial score (nSPS) is 10.4. The van der Waals surface area contributed by atoms with E-state index in [1.54, 1.807) is 25.3 Å². The molecule has 0 saturated heterocycles. The van der Waals surface area contributed by atoms with Gasteiger partial charge in [-0.2, -0.15) is 0 Å². The van der Waals surface area contributed by atoms with Crippen molar-refractivity contribution in [2.45, 2.75) is 13.0 Å². The fourth-order valence-electron chi connectivity index (χ4n) is 2.61. The average Bonchev–Trinajstić information content (AvgIpc) is 2.73. The highest BCUT2D eigenvalue weighted by atomic mass is 19.1. The summed E-state index contributed by atoms with van der Waals surface area (Å²) < 4.78 is 18.1. The summed E-state index contributed by atoms with van der Waals surface area (Å²) >= 11 is 0. The summed E-state index contributed by atoms with van der Waals surface area (Å²) in [5, 5.41) is 5.96. The van der Waals surface area contributed by atoms with E-state index >= 15 is 0 Å². The lowest BCUT2D eigenvalue weighted by Gasteiger charge is -2.08. The number of hydrogen-bond donors (Lipinski definition) is 2. The van der Waals surface area contributed by atoms with Crippen LogP contribution in [0.4, 0.5) is 10.2 Å². The number of nitrogens with one attached hydrogen (secondary N) is 2. The Kier molecular flexibility index (Phi) is 6.51. The first-order valence-electron chi connectivity index (χ1n) is 8.85. The van der Waals surface area contributed by atoms with Gasteiger partial charge in [-0.1, -0.05) is 24.3 Å². The largest absolute Gasteiger partial charge is 0.497 e. The van der Waals surface area contributed by atoms with Crippen molar-refractivity contribution in [1.29, 1.82) is 0 Å². The Labute approximate surface area is 162 Å². The minimum absolute atomic E-state index is 0.268. The Morgan fingerprint density at radius 3 is 2.68 bits per heavy atom. The predicted molar refractivity (Wildman–Crippen MR) is 105 cm³/mol. The number of amides is 1. The third-order valence-corrected chi connectivity index (χ3v) is 4.12. The zero-order valence-electron chi connectivity index (χ0n) is 15.5. The van der Waals surface area contributed by atoms with Crippen LogP contribution in [0.3, 0.4) is 0 Å². The van der Waals surface area contributed by atoms with Crippen LogP contribution in [0.2, 0.25) is 0 Å². The van der Waals surface area contributed by atoms with Gasteiger partial charge in [0.15, 0.2) is 0 Å². The number of ether oxygens (including phenoxy) is 1. The molecule has 1 heterocycles. The molecule has 2 aromatic carbocycles. The van der Waals surface area contributed by atoms with Crippen molar-refractivity contribution in [2.75, 3.05) is 19.0 Å². The second-order valence-corrected chi connectivity index (χ2v) is 6.13. The molecular weight excluding hydrogens is 359 g/mol. The van der Waals surface area contributed by atoms with Gasteiger partial charge in [0.2, 0.25) is 0 Å². The van der Waals surface area contributed by atoms with E-state index in [4.69, 9.17) is 4.74 Å². The molecule has 1 aromatic heterocycles. The number of methoxy groups -OCH3 is 1. The van der Waals surface area contributed by atoms with E-state index in [9.17, 15) is 9.18 Å². The molecule has 0 bridgehead atoms. The van der Waals surface area contributed by atoms with Crippen molar-refractivity contribution in [3.8, 4) is 5.75 Å². The summed E-state index contributed by atoms with van der Waals surface area (Å²) in [4.78, 5) is 20.5. The van der Waals surface area contributed by atoms with E-state index < -0.39 is 0 Å². The topological polar surface area (TPSA) is 76.1 Å². The molecule has 3 aromatic rings. The van der Waals surface area contributed by atoms with Crippen LogP contribution < -0.4 is 15.4 Å². The molecule has 3 rings (SSSR count). The van der Waals surface area contributed by atoms with Crippen molar-refractivity contribution in [3.63, 3.8) is 0 Å². The van der Waals surface area contributed by atoms with Crippen LogP contribution in [-0.4, -0.2) is 29.5 Å². The number of hydrogen-bond acceptors (Lipinski definition) is 5. The summed E-state index contributed by atoms with van der Waals surface area (Å²) in [7, 11) is 1.62. The molecule has 6 nitrogen and oxygen atoms in total. The van der Waals surface area contributed by atoms with Crippen LogP contribution in [0.5, 0.6) is 5.75 Å². The minimum Gasteiger partial charge on any atom is -0.497 e. The molecule has 7 heteroatoms. The van der Waals surface area contributed by atoms with Crippen LogP contribution in [0.15, 0.2) is 60.9 Å². The summed E-state index contributed by atoms with van der Waals surface area (Å²) in [6.45, 7) is 0.947. The van der Waals surface area contributed by atoms with Crippen LogP contribution in [0.25, 0.3) is 0 Å². The standard InChI is InChI=1S/C21H21FN4O2/c1-28-18-4-2-3-15(11-18)9-10-23-21(27)19-12-20(26-14-25-19)24-13-16-5-7-17(22)8-6-16/h2-8,11-12,14H,9-10,13H2,1H3,(H,23,27)(H,24,25,26). The molecule has 28 heavy (non-hydrogen) atoms. The highest BCUT2D eigenvalue weighted by Gasteiger charge is 2.08. The second-order valence-electron chi connectivity index (χ2n) is 6.13. The second kappa shape index (κ2) is 9.45. The van der Waals surface area contributed by atoms with E-state index in [2.05, 4.69) is 20.6 Å². The summed E-state index contributed by atoms with van der Waals surface area (Å²) in [5.74, 6) is 0.766. The van der Waals surface area contributed by atoms with Crippen LogP contribution >= 0.6 is 0 Å².